The van der Waals surface area contributed by atoms with E-state index in [2.05, 4.69) is 32.1 Å². The van der Waals surface area contributed by atoms with Gasteiger partial charge < -0.3 is 9.64 Å². The van der Waals surface area contributed by atoms with Gasteiger partial charge in [0, 0.05) is 26.4 Å². The lowest BCUT2D eigenvalue weighted by atomic mass is 10.3. The van der Waals surface area contributed by atoms with Gasteiger partial charge in [0.2, 0.25) is 17.8 Å². The Morgan fingerprint density at radius 1 is 1.30 bits per heavy atom. The van der Waals surface area contributed by atoms with Crippen LogP contribution in [0.2, 0.25) is 0 Å². The molecular weight excluding hydrogens is 282 g/mol. The van der Waals surface area contributed by atoms with Gasteiger partial charge in [-0.15, -0.1) is 12.4 Å². The minimum Gasteiger partial charge on any atom is -0.378 e. The minimum absolute atomic E-state index is 0. The molecule has 20 heavy (non-hydrogen) atoms. The first-order chi connectivity index (χ1) is 9.19. The average Bonchev–Trinajstić information content (AvgIpc) is 2.39. The van der Waals surface area contributed by atoms with Crippen molar-refractivity contribution >= 4 is 30.2 Å². The van der Waals surface area contributed by atoms with Gasteiger partial charge in [0.15, 0.2) is 0 Å². The Morgan fingerprint density at radius 3 is 2.60 bits per heavy atom. The van der Waals surface area contributed by atoms with Gasteiger partial charge in [0.25, 0.3) is 0 Å². The van der Waals surface area contributed by atoms with Gasteiger partial charge in [-0.2, -0.15) is 15.0 Å². The zero-order valence-corrected chi connectivity index (χ0v) is 12.6. The van der Waals surface area contributed by atoms with E-state index < -0.39 is 0 Å². The zero-order valence-electron chi connectivity index (χ0n) is 11.8. The highest BCUT2D eigenvalue weighted by molar-refractivity contribution is 5.86. The summed E-state index contributed by atoms with van der Waals surface area (Å²) in [5, 5.41) is 2.62. The maximum absolute atomic E-state index is 11.1. The third-order valence-electron chi connectivity index (χ3n) is 2.73. The Morgan fingerprint density at radius 2 is 2.00 bits per heavy atom. The maximum atomic E-state index is 11.1. The van der Waals surface area contributed by atoms with Crippen molar-refractivity contribution in [2.75, 3.05) is 36.5 Å². The molecule has 1 saturated heterocycles. The number of nitrogens with one attached hydrogen (secondary N) is 1. The SMILES string of the molecule is CCCc1nc(NC(C)=O)nc(N2CCOCC2)n1.Cl. The van der Waals surface area contributed by atoms with Crippen molar-refractivity contribution in [3.8, 4) is 0 Å². The molecule has 1 aromatic heterocycles. The molecule has 0 radical (unpaired) electrons. The van der Waals surface area contributed by atoms with E-state index in [0.717, 1.165) is 25.9 Å². The molecule has 1 N–H and O–H groups in total. The number of hydrogen-bond acceptors (Lipinski definition) is 6. The monoisotopic (exact) mass is 301 g/mol. The molecule has 8 heteroatoms. The van der Waals surface area contributed by atoms with E-state index >= 15 is 0 Å². The number of ether oxygens (including phenoxy) is 1. The number of anilines is 2. The second-order valence-corrected chi connectivity index (χ2v) is 4.41. The molecule has 1 aromatic rings. The van der Waals surface area contributed by atoms with E-state index in [1.165, 1.54) is 6.92 Å². The number of aromatic nitrogens is 3. The van der Waals surface area contributed by atoms with Crippen molar-refractivity contribution in [2.24, 2.45) is 0 Å². The molecule has 0 spiro atoms. The summed E-state index contributed by atoms with van der Waals surface area (Å²) in [6.45, 7) is 6.37. The molecule has 1 amide bonds. The number of amides is 1. The van der Waals surface area contributed by atoms with E-state index in [-0.39, 0.29) is 18.3 Å². The molecule has 0 saturated carbocycles. The summed E-state index contributed by atoms with van der Waals surface area (Å²) in [6.07, 6.45) is 1.72. The van der Waals surface area contributed by atoms with E-state index in [4.69, 9.17) is 4.74 Å². The summed E-state index contributed by atoms with van der Waals surface area (Å²) in [4.78, 5) is 26.2. The largest absolute Gasteiger partial charge is 0.378 e. The lowest BCUT2D eigenvalue weighted by molar-refractivity contribution is -0.114. The lowest BCUT2D eigenvalue weighted by Crippen LogP contribution is -2.37. The van der Waals surface area contributed by atoms with Crippen LogP contribution in [0.15, 0.2) is 0 Å². The van der Waals surface area contributed by atoms with Crippen molar-refractivity contribution < 1.29 is 9.53 Å². The van der Waals surface area contributed by atoms with Crippen molar-refractivity contribution in [1.29, 1.82) is 0 Å². The predicted octanol–water partition coefficient (Wildman–Crippen LogP) is 1.04. The topological polar surface area (TPSA) is 80.2 Å². The number of morpholine rings is 1. The van der Waals surface area contributed by atoms with Gasteiger partial charge in [-0.05, 0) is 6.42 Å². The van der Waals surface area contributed by atoms with Crippen LogP contribution < -0.4 is 10.2 Å². The summed E-state index contributed by atoms with van der Waals surface area (Å²) in [5.41, 5.74) is 0. The van der Waals surface area contributed by atoms with Crippen LogP contribution >= 0.6 is 12.4 Å². The molecule has 7 nitrogen and oxygen atoms in total. The Kier molecular flexibility index (Phi) is 6.60. The average molecular weight is 302 g/mol. The number of nitrogens with zero attached hydrogens (tertiary/aromatic N) is 4. The van der Waals surface area contributed by atoms with Gasteiger partial charge in [-0.3, -0.25) is 10.1 Å². The first-order valence-corrected chi connectivity index (χ1v) is 6.54. The third kappa shape index (κ3) is 4.57. The van der Waals surface area contributed by atoms with Crippen molar-refractivity contribution in [3.63, 3.8) is 0 Å². The van der Waals surface area contributed by atoms with Crippen molar-refractivity contribution in [1.82, 2.24) is 15.0 Å². The van der Waals surface area contributed by atoms with E-state index in [1.54, 1.807) is 0 Å². The second-order valence-electron chi connectivity index (χ2n) is 4.41. The van der Waals surface area contributed by atoms with Gasteiger partial charge in [0.1, 0.15) is 5.82 Å². The number of rotatable bonds is 4. The standard InChI is InChI=1S/C12H19N5O2.ClH/c1-3-4-10-14-11(13-9(2)18)16-12(15-10)17-5-7-19-8-6-17;/h3-8H2,1-2H3,(H,13,14,15,16,18);1H. The minimum atomic E-state index is -0.179. The fraction of sp³-hybridized carbons (Fsp3) is 0.667. The summed E-state index contributed by atoms with van der Waals surface area (Å²) < 4.78 is 5.31. The van der Waals surface area contributed by atoms with Crippen LogP contribution in [0.1, 0.15) is 26.1 Å². The van der Waals surface area contributed by atoms with Crippen LogP contribution in [-0.4, -0.2) is 47.2 Å². The number of carbonyl (C=O) groups excluding carboxylic acids is 1. The summed E-state index contributed by atoms with van der Waals surface area (Å²) >= 11 is 0. The number of carbonyl (C=O) groups is 1. The number of hydrogen-bond donors (Lipinski definition) is 1. The van der Waals surface area contributed by atoms with Gasteiger partial charge >= 0.3 is 0 Å². The van der Waals surface area contributed by atoms with Gasteiger partial charge in [0.05, 0.1) is 13.2 Å². The zero-order chi connectivity index (χ0) is 13.7. The Bertz CT molecular complexity index is 451. The Labute approximate surface area is 124 Å². The first-order valence-electron chi connectivity index (χ1n) is 6.54. The van der Waals surface area contributed by atoms with E-state index in [0.29, 0.717) is 30.9 Å². The van der Waals surface area contributed by atoms with Gasteiger partial charge in [-0.25, -0.2) is 0 Å². The molecule has 112 valence electrons. The van der Waals surface area contributed by atoms with E-state index in [9.17, 15) is 4.79 Å². The molecule has 2 heterocycles. The van der Waals surface area contributed by atoms with Crippen LogP contribution in [0.4, 0.5) is 11.9 Å². The summed E-state index contributed by atoms with van der Waals surface area (Å²) in [6, 6.07) is 0. The lowest BCUT2D eigenvalue weighted by Gasteiger charge is -2.27. The maximum Gasteiger partial charge on any atom is 0.234 e. The molecule has 1 aliphatic rings. The second kappa shape index (κ2) is 7.96. The van der Waals surface area contributed by atoms with Crippen LogP contribution in [-0.2, 0) is 16.0 Å². The molecule has 0 aromatic carbocycles. The summed E-state index contributed by atoms with van der Waals surface area (Å²) in [7, 11) is 0. The third-order valence-corrected chi connectivity index (χ3v) is 2.73. The molecule has 0 atom stereocenters. The normalized spacial score (nSPS) is 14.6. The quantitative estimate of drug-likeness (QED) is 0.895. The highest BCUT2D eigenvalue weighted by atomic mass is 35.5. The Hall–Kier alpha value is -1.47. The van der Waals surface area contributed by atoms with Crippen LogP contribution in [0, 0.1) is 0 Å². The molecule has 0 aliphatic carbocycles. The van der Waals surface area contributed by atoms with Crippen molar-refractivity contribution in [2.45, 2.75) is 26.7 Å². The molecular formula is C12H20ClN5O2. The van der Waals surface area contributed by atoms with Crippen LogP contribution in [0.25, 0.3) is 0 Å². The molecule has 1 fully saturated rings. The molecule has 0 bridgehead atoms. The fourth-order valence-electron chi connectivity index (χ4n) is 1.86. The molecule has 2 rings (SSSR count). The van der Waals surface area contributed by atoms with Crippen LogP contribution in [0.3, 0.4) is 0 Å². The number of halogens is 1. The summed E-state index contributed by atoms with van der Waals surface area (Å²) in [5.74, 6) is 1.47. The predicted molar refractivity (Wildman–Crippen MR) is 78.4 cm³/mol. The molecule has 1 aliphatic heterocycles. The van der Waals surface area contributed by atoms with Gasteiger partial charge in [-0.1, -0.05) is 6.92 Å². The van der Waals surface area contributed by atoms with Crippen LogP contribution in [0.5, 0.6) is 0 Å². The highest BCUT2D eigenvalue weighted by Gasteiger charge is 2.16. The fourth-order valence-corrected chi connectivity index (χ4v) is 1.86. The Balaban J connectivity index is 0.00000200. The van der Waals surface area contributed by atoms with Crippen molar-refractivity contribution in [3.05, 3.63) is 5.82 Å². The first kappa shape index (κ1) is 16.6. The highest BCUT2D eigenvalue weighted by Crippen LogP contribution is 2.13. The van der Waals surface area contributed by atoms with E-state index in [1.807, 2.05) is 0 Å². The number of aryl methyl sites for hydroxylation is 1. The smallest absolute Gasteiger partial charge is 0.234 e. The molecule has 0 unspecified atom stereocenters.